The summed E-state index contributed by atoms with van der Waals surface area (Å²) in [5.41, 5.74) is 5.41. The Kier molecular flexibility index (Phi) is 4.44. The number of alkyl halides is 1. The average molecular weight is 393 g/mol. The van der Waals surface area contributed by atoms with E-state index in [2.05, 4.69) is 25.6 Å². The van der Waals surface area contributed by atoms with Crippen LogP contribution in [0.4, 0.5) is 10.3 Å². The fourth-order valence-electron chi connectivity index (χ4n) is 3.66. The molecule has 0 bridgehead atoms. The topological polar surface area (TPSA) is 93.0 Å². The number of aryl methyl sites for hydroxylation is 1. The van der Waals surface area contributed by atoms with E-state index in [1.165, 1.54) is 0 Å². The van der Waals surface area contributed by atoms with E-state index in [0.717, 1.165) is 27.9 Å². The number of fused-ring (bicyclic) bond motifs is 1. The first-order valence-electron chi connectivity index (χ1n) is 9.49. The quantitative estimate of drug-likeness (QED) is 0.554. The Morgan fingerprint density at radius 3 is 3.03 bits per heavy atom. The van der Waals surface area contributed by atoms with Crippen molar-refractivity contribution in [1.82, 2.24) is 29.8 Å². The second kappa shape index (κ2) is 7.25. The van der Waals surface area contributed by atoms with Crippen LogP contribution in [-0.2, 0) is 4.74 Å². The maximum Gasteiger partial charge on any atom is 0.243 e. The predicted octanol–water partition coefficient (Wildman–Crippen LogP) is 3.03. The molecule has 8 nitrogen and oxygen atoms in total. The van der Waals surface area contributed by atoms with E-state index in [-0.39, 0.29) is 12.6 Å². The van der Waals surface area contributed by atoms with Gasteiger partial charge < -0.3 is 10.1 Å². The number of ether oxygens (including phenoxy) is 1. The van der Waals surface area contributed by atoms with Crippen LogP contribution in [0.15, 0.2) is 43.0 Å². The number of hydrogen-bond donors (Lipinski definition) is 2. The summed E-state index contributed by atoms with van der Waals surface area (Å²) in [6, 6.07) is 5.58. The highest BCUT2D eigenvalue weighted by molar-refractivity contribution is 5.91. The van der Waals surface area contributed by atoms with Crippen molar-refractivity contribution < 1.29 is 9.13 Å². The molecule has 1 fully saturated rings. The lowest BCUT2D eigenvalue weighted by Crippen LogP contribution is -2.39. The number of anilines is 1. The monoisotopic (exact) mass is 393 g/mol. The molecule has 1 aliphatic rings. The standard InChI is InChI=1S/C20H20FN7O/c1-12-8-13(2-5-22-12)18-15(14-9-23-24-10-14)3-6-28-19(18)26-20(27-28)25-17-4-7-29-11-16(17)21/h2-3,5-6,8-10,16-17H,4,7,11H2,1H3,(H,23,24)(H,25,27)/t16-,17+/m1/s1. The van der Waals surface area contributed by atoms with Crippen molar-refractivity contribution in [1.29, 1.82) is 0 Å². The largest absolute Gasteiger partial charge is 0.378 e. The zero-order chi connectivity index (χ0) is 19.8. The van der Waals surface area contributed by atoms with E-state index < -0.39 is 6.17 Å². The van der Waals surface area contributed by atoms with Gasteiger partial charge in [-0.25, -0.2) is 8.91 Å². The van der Waals surface area contributed by atoms with Crippen molar-refractivity contribution in [3.05, 3.63) is 48.7 Å². The van der Waals surface area contributed by atoms with Gasteiger partial charge in [0.05, 0.1) is 18.8 Å². The lowest BCUT2D eigenvalue weighted by molar-refractivity contribution is 0.0284. The molecule has 0 spiro atoms. The van der Waals surface area contributed by atoms with Gasteiger partial charge >= 0.3 is 0 Å². The van der Waals surface area contributed by atoms with Gasteiger partial charge in [0.25, 0.3) is 0 Å². The summed E-state index contributed by atoms with van der Waals surface area (Å²) >= 11 is 0. The molecule has 0 aliphatic carbocycles. The number of halogens is 1. The van der Waals surface area contributed by atoms with E-state index in [4.69, 9.17) is 9.72 Å². The molecule has 148 valence electrons. The third-order valence-electron chi connectivity index (χ3n) is 5.10. The second-order valence-corrected chi connectivity index (χ2v) is 7.11. The molecule has 4 aromatic rings. The summed E-state index contributed by atoms with van der Waals surface area (Å²) in [6.45, 7) is 2.57. The Morgan fingerprint density at radius 1 is 1.31 bits per heavy atom. The molecule has 5 heterocycles. The molecule has 0 aromatic carbocycles. The first-order chi connectivity index (χ1) is 14.2. The van der Waals surface area contributed by atoms with Crippen molar-refractivity contribution in [3.63, 3.8) is 0 Å². The summed E-state index contributed by atoms with van der Waals surface area (Å²) < 4.78 is 21.1. The molecule has 1 saturated heterocycles. The second-order valence-electron chi connectivity index (χ2n) is 7.11. The Hall–Kier alpha value is -3.33. The fraction of sp³-hybridized carbons (Fsp3) is 0.300. The molecule has 9 heteroatoms. The van der Waals surface area contributed by atoms with Gasteiger partial charge in [-0.1, -0.05) is 0 Å². The Bertz CT molecular complexity index is 1140. The van der Waals surface area contributed by atoms with Crippen LogP contribution in [0, 0.1) is 6.92 Å². The van der Waals surface area contributed by atoms with Crippen LogP contribution in [0.3, 0.4) is 0 Å². The number of rotatable bonds is 4. The van der Waals surface area contributed by atoms with Crippen LogP contribution >= 0.6 is 0 Å². The van der Waals surface area contributed by atoms with E-state index in [0.29, 0.717) is 24.6 Å². The number of nitrogens with one attached hydrogen (secondary N) is 2. The Morgan fingerprint density at radius 2 is 2.24 bits per heavy atom. The van der Waals surface area contributed by atoms with Crippen molar-refractivity contribution in [2.24, 2.45) is 0 Å². The summed E-state index contributed by atoms with van der Waals surface area (Å²) in [6.07, 6.45) is 6.73. The van der Waals surface area contributed by atoms with Gasteiger partial charge in [0.2, 0.25) is 5.95 Å². The number of H-pyrrole nitrogens is 1. The van der Waals surface area contributed by atoms with Crippen molar-refractivity contribution in [2.75, 3.05) is 18.5 Å². The number of aromatic nitrogens is 6. The van der Waals surface area contributed by atoms with Gasteiger partial charge in [0, 0.05) is 42.0 Å². The van der Waals surface area contributed by atoms with Gasteiger partial charge in [0.15, 0.2) is 5.65 Å². The van der Waals surface area contributed by atoms with Gasteiger partial charge in [-0.05, 0) is 42.7 Å². The predicted molar refractivity (Wildman–Crippen MR) is 106 cm³/mol. The smallest absolute Gasteiger partial charge is 0.243 e. The summed E-state index contributed by atoms with van der Waals surface area (Å²) in [5, 5.41) is 14.6. The van der Waals surface area contributed by atoms with Crippen molar-refractivity contribution >= 4 is 11.6 Å². The molecular formula is C20H20FN7O. The molecule has 0 amide bonds. The van der Waals surface area contributed by atoms with Crippen molar-refractivity contribution in [3.8, 4) is 22.3 Å². The van der Waals surface area contributed by atoms with Gasteiger partial charge in [0.1, 0.15) is 6.17 Å². The van der Waals surface area contributed by atoms with E-state index in [9.17, 15) is 4.39 Å². The van der Waals surface area contributed by atoms with Crippen molar-refractivity contribution in [2.45, 2.75) is 25.6 Å². The minimum absolute atomic E-state index is 0.0945. The first-order valence-corrected chi connectivity index (χ1v) is 9.49. The maximum absolute atomic E-state index is 14.2. The molecule has 0 radical (unpaired) electrons. The minimum Gasteiger partial charge on any atom is -0.378 e. The van der Waals surface area contributed by atoms with Gasteiger partial charge in [-0.15, -0.1) is 5.10 Å². The third-order valence-corrected chi connectivity index (χ3v) is 5.10. The number of nitrogens with zero attached hydrogens (tertiary/aromatic N) is 5. The summed E-state index contributed by atoms with van der Waals surface area (Å²) in [4.78, 5) is 9.00. The van der Waals surface area contributed by atoms with Crippen LogP contribution in [-0.4, -0.2) is 55.2 Å². The highest BCUT2D eigenvalue weighted by Gasteiger charge is 2.27. The number of aromatic amines is 1. The summed E-state index contributed by atoms with van der Waals surface area (Å²) in [5.74, 6) is 0.399. The summed E-state index contributed by atoms with van der Waals surface area (Å²) in [7, 11) is 0. The number of hydrogen-bond acceptors (Lipinski definition) is 6. The molecule has 2 N–H and O–H groups in total. The molecule has 0 saturated carbocycles. The maximum atomic E-state index is 14.2. The average Bonchev–Trinajstić information content (AvgIpc) is 3.38. The van der Waals surface area contributed by atoms with E-state index >= 15 is 0 Å². The zero-order valence-corrected chi connectivity index (χ0v) is 15.8. The van der Waals surface area contributed by atoms with Gasteiger partial charge in [-0.2, -0.15) is 10.1 Å². The van der Waals surface area contributed by atoms with Crippen LogP contribution in [0.2, 0.25) is 0 Å². The number of pyridine rings is 2. The zero-order valence-electron chi connectivity index (χ0n) is 15.8. The lowest BCUT2D eigenvalue weighted by Gasteiger charge is -2.26. The van der Waals surface area contributed by atoms with Crippen LogP contribution < -0.4 is 5.32 Å². The Labute approximate surface area is 166 Å². The molecule has 0 unspecified atom stereocenters. The van der Waals surface area contributed by atoms with Gasteiger partial charge in [-0.3, -0.25) is 10.1 Å². The fourth-order valence-corrected chi connectivity index (χ4v) is 3.66. The van der Waals surface area contributed by atoms with E-state index in [1.807, 2.05) is 37.5 Å². The third kappa shape index (κ3) is 3.33. The first kappa shape index (κ1) is 17.7. The molecule has 1 aliphatic heterocycles. The SMILES string of the molecule is Cc1cc(-c2c(-c3cn[nH]c3)ccn3nc(N[C@H]4CCOC[C@H]4F)nc23)ccn1. The van der Waals surface area contributed by atoms with E-state index in [1.54, 1.807) is 16.9 Å². The molecular weight excluding hydrogens is 373 g/mol. The molecule has 2 atom stereocenters. The minimum atomic E-state index is -1.08. The van der Waals surface area contributed by atoms with Crippen LogP contribution in [0.5, 0.6) is 0 Å². The van der Waals surface area contributed by atoms with Crippen LogP contribution in [0.25, 0.3) is 27.9 Å². The molecule has 5 rings (SSSR count). The lowest BCUT2D eigenvalue weighted by atomic mass is 9.98. The molecule has 29 heavy (non-hydrogen) atoms. The normalized spacial score (nSPS) is 19.5. The highest BCUT2D eigenvalue weighted by Crippen LogP contribution is 2.35. The Balaban J connectivity index is 1.64. The highest BCUT2D eigenvalue weighted by atomic mass is 19.1. The molecule has 4 aromatic heterocycles. The van der Waals surface area contributed by atoms with Crippen LogP contribution in [0.1, 0.15) is 12.1 Å².